The first-order valence-electron chi connectivity index (χ1n) is 7.28. The summed E-state index contributed by atoms with van der Waals surface area (Å²) in [5.74, 6) is -0.0631. The van der Waals surface area contributed by atoms with Gasteiger partial charge in [-0.25, -0.2) is 9.97 Å². The highest BCUT2D eigenvalue weighted by atomic mass is 32.1. The first kappa shape index (κ1) is 15.4. The maximum absolute atomic E-state index is 12.9. The van der Waals surface area contributed by atoms with Crippen LogP contribution in [0.4, 0.5) is 5.13 Å². The number of aryl methyl sites for hydroxylation is 1. The van der Waals surface area contributed by atoms with Crippen molar-refractivity contribution in [3.63, 3.8) is 0 Å². The lowest BCUT2D eigenvalue weighted by molar-refractivity contribution is 0.0996. The van der Waals surface area contributed by atoms with Crippen molar-refractivity contribution in [2.24, 2.45) is 0 Å². The summed E-state index contributed by atoms with van der Waals surface area (Å²) in [7, 11) is 1.77. The quantitative estimate of drug-likeness (QED) is 0.505. The fourth-order valence-electron chi connectivity index (χ4n) is 2.34. The van der Waals surface area contributed by atoms with Gasteiger partial charge in [-0.2, -0.15) is 0 Å². The molecule has 0 atom stereocenters. The van der Waals surface area contributed by atoms with Crippen LogP contribution in [0, 0.1) is 6.92 Å². The van der Waals surface area contributed by atoms with Crippen LogP contribution in [0.3, 0.4) is 0 Å². The van der Waals surface area contributed by atoms with Crippen LogP contribution in [-0.2, 0) is 0 Å². The van der Waals surface area contributed by atoms with Crippen LogP contribution in [0.5, 0.6) is 0 Å². The Balaban J connectivity index is 1.67. The Bertz CT molecular complexity index is 984. The lowest BCUT2D eigenvalue weighted by Crippen LogP contribution is -2.25. The van der Waals surface area contributed by atoms with E-state index in [4.69, 9.17) is 0 Å². The number of carbonyl (C=O) groups excluding carboxylic acids is 1. The molecule has 24 heavy (non-hydrogen) atoms. The van der Waals surface area contributed by atoms with Crippen molar-refractivity contribution in [1.29, 1.82) is 0 Å². The summed E-state index contributed by atoms with van der Waals surface area (Å²) >= 11 is 4.59. The number of aromatic nitrogens is 2. The van der Waals surface area contributed by atoms with Gasteiger partial charge in [0.15, 0.2) is 5.13 Å². The maximum Gasteiger partial charge on any atom is 0.271 e. The topological polar surface area (TPSA) is 46.1 Å². The van der Waals surface area contributed by atoms with Crippen LogP contribution in [0.25, 0.3) is 20.1 Å². The Labute approximate surface area is 151 Å². The van der Waals surface area contributed by atoms with Crippen LogP contribution in [-0.4, -0.2) is 22.9 Å². The SMILES string of the molecule is Cc1nc(-c2cccs2)sc1C(=O)N(C)c1nc2ccccc2s1. The summed E-state index contributed by atoms with van der Waals surface area (Å²) in [5, 5.41) is 3.61. The van der Waals surface area contributed by atoms with Gasteiger partial charge in [-0.15, -0.1) is 22.7 Å². The van der Waals surface area contributed by atoms with Crippen molar-refractivity contribution in [2.75, 3.05) is 11.9 Å². The molecule has 4 aromatic rings. The molecule has 0 saturated heterocycles. The van der Waals surface area contributed by atoms with Gasteiger partial charge >= 0.3 is 0 Å². The van der Waals surface area contributed by atoms with E-state index in [2.05, 4.69) is 9.97 Å². The number of rotatable bonds is 3. The normalized spacial score (nSPS) is 11.1. The molecule has 3 aromatic heterocycles. The van der Waals surface area contributed by atoms with Gasteiger partial charge < -0.3 is 0 Å². The summed E-state index contributed by atoms with van der Waals surface area (Å²) in [4.78, 5) is 25.4. The monoisotopic (exact) mass is 371 g/mol. The number of hydrogen-bond donors (Lipinski definition) is 0. The zero-order valence-corrected chi connectivity index (χ0v) is 15.5. The van der Waals surface area contributed by atoms with Crippen LogP contribution in [0.1, 0.15) is 15.4 Å². The van der Waals surface area contributed by atoms with Crippen LogP contribution in [0.15, 0.2) is 41.8 Å². The lowest BCUT2D eigenvalue weighted by Gasteiger charge is -2.12. The number of anilines is 1. The van der Waals surface area contributed by atoms with E-state index in [0.717, 1.165) is 25.8 Å². The first-order valence-corrected chi connectivity index (χ1v) is 9.79. The van der Waals surface area contributed by atoms with Gasteiger partial charge in [-0.1, -0.05) is 29.5 Å². The number of amides is 1. The molecule has 0 aliphatic heterocycles. The van der Waals surface area contributed by atoms with E-state index in [9.17, 15) is 4.79 Å². The van der Waals surface area contributed by atoms with Gasteiger partial charge in [0.05, 0.1) is 20.8 Å². The zero-order valence-electron chi connectivity index (χ0n) is 13.0. The summed E-state index contributed by atoms with van der Waals surface area (Å²) in [6, 6.07) is 11.9. The first-order chi connectivity index (χ1) is 11.6. The third-order valence-electron chi connectivity index (χ3n) is 3.60. The molecule has 3 heterocycles. The number of nitrogens with zero attached hydrogens (tertiary/aromatic N) is 3. The average Bonchev–Trinajstić information content (AvgIpc) is 3.31. The fourth-order valence-corrected chi connectivity index (χ4v) is 5.11. The molecule has 120 valence electrons. The minimum Gasteiger partial charge on any atom is -0.286 e. The van der Waals surface area contributed by atoms with Crippen molar-refractivity contribution < 1.29 is 4.79 Å². The molecule has 0 saturated carbocycles. The molecule has 0 fully saturated rings. The number of thiophene rings is 1. The van der Waals surface area contributed by atoms with Crippen molar-refractivity contribution in [2.45, 2.75) is 6.92 Å². The number of para-hydroxylation sites is 1. The highest BCUT2D eigenvalue weighted by molar-refractivity contribution is 7.23. The molecule has 4 nitrogen and oxygen atoms in total. The molecule has 0 unspecified atom stereocenters. The largest absolute Gasteiger partial charge is 0.286 e. The van der Waals surface area contributed by atoms with Crippen molar-refractivity contribution in [1.82, 2.24) is 9.97 Å². The number of hydrogen-bond acceptors (Lipinski definition) is 6. The van der Waals surface area contributed by atoms with Gasteiger partial charge in [-0.3, -0.25) is 9.69 Å². The Hall–Kier alpha value is -2.09. The van der Waals surface area contributed by atoms with E-state index in [1.807, 2.05) is 48.7 Å². The van der Waals surface area contributed by atoms with E-state index >= 15 is 0 Å². The maximum atomic E-state index is 12.9. The van der Waals surface area contributed by atoms with Crippen LogP contribution < -0.4 is 4.90 Å². The predicted octanol–water partition coefficient (Wildman–Crippen LogP) is 5.07. The van der Waals surface area contributed by atoms with Gasteiger partial charge in [0.2, 0.25) is 0 Å². The second kappa shape index (κ2) is 6.08. The van der Waals surface area contributed by atoms with E-state index in [-0.39, 0.29) is 5.91 Å². The smallest absolute Gasteiger partial charge is 0.271 e. The molecule has 0 aliphatic rings. The molecular formula is C17H13N3OS3. The Morgan fingerprint density at radius 2 is 1.92 bits per heavy atom. The molecule has 4 rings (SSSR count). The van der Waals surface area contributed by atoms with E-state index in [1.165, 1.54) is 22.7 Å². The summed E-state index contributed by atoms with van der Waals surface area (Å²) in [6.45, 7) is 1.88. The number of thiazole rings is 2. The van der Waals surface area contributed by atoms with Gasteiger partial charge in [0.1, 0.15) is 9.88 Å². The van der Waals surface area contributed by atoms with Crippen molar-refractivity contribution in [3.8, 4) is 9.88 Å². The van der Waals surface area contributed by atoms with Crippen molar-refractivity contribution in [3.05, 3.63) is 52.3 Å². The lowest BCUT2D eigenvalue weighted by atomic mass is 10.3. The third kappa shape index (κ3) is 2.64. The summed E-state index contributed by atoms with van der Waals surface area (Å²) < 4.78 is 1.08. The Morgan fingerprint density at radius 1 is 1.08 bits per heavy atom. The molecule has 7 heteroatoms. The molecule has 1 amide bonds. The molecule has 0 bridgehead atoms. The van der Waals surface area contributed by atoms with Crippen LogP contribution >= 0.6 is 34.0 Å². The Morgan fingerprint density at radius 3 is 2.67 bits per heavy atom. The average molecular weight is 372 g/mol. The molecule has 0 N–H and O–H groups in total. The van der Waals surface area contributed by atoms with E-state index in [0.29, 0.717) is 10.0 Å². The number of fused-ring (bicyclic) bond motifs is 1. The van der Waals surface area contributed by atoms with Gasteiger partial charge in [-0.05, 0) is 30.5 Å². The second-order valence-corrected chi connectivity index (χ2v) is 8.20. The number of carbonyl (C=O) groups is 1. The Kier molecular flexibility index (Phi) is 3.91. The van der Waals surface area contributed by atoms with Gasteiger partial charge in [0.25, 0.3) is 5.91 Å². The van der Waals surface area contributed by atoms with E-state index < -0.39 is 0 Å². The highest BCUT2D eigenvalue weighted by Crippen LogP contribution is 2.33. The minimum absolute atomic E-state index is 0.0631. The fraction of sp³-hybridized carbons (Fsp3) is 0.118. The zero-order chi connectivity index (χ0) is 16.7. The third-order valence-corrected chi connectivity index (χ3v) is 6.89. The molecule has 1 aromatic carbocycles. The molecule has 0 aliphatic carbocycles. The molecular weight excluding hydrogens is 358 g/mol. The summed E-state index contributed by atoms with van der Waals surface area (Å²) in [6.07, 6.45) is 0. The van der Waals surface area contributed by atoms with Gasteiger partial charge in [0, 0.05) is 7.05 Å². The summed E-state index contributed by atoms with van der Waals surface area (Å²) in [5.41, 5.74) is 1.68. The number of benzene rings is 1. The predicted molar refractivity (Wildman–Crippen MR) is 103 cm³/mol. The highest BCUT2D eigenvalue weighted by Gasteiger charge is 2.22. The molecule has 0 radical (unpaired) electrons. The van der Waals surface area contributed by atoms with Crippen molar-refractivity contribution >= 4 is 55.3 Å². The minimum atomic E-state index is -0.0631. The van der Waals surface area contributed by atoms with Crippen LogP contribution in [0.2, 0.25) is 0 Å². The molecule has 0 spiro atoms. The second-order valence-electron chi connectivity index (χ2n) is 5.24. The standard InChI is InChI=1S/C17H13N3OS3/c1-10-14(24-15(18-10)13-8-5-9-22-13)16(21)20(2)17-19-11-6-3-4-7-12(11)23-17/h3-9H,1-2H3. The van der Waals surface area contributed by atoms with E-state index in [1.54, 1.807) is 23.3 Å².